The molecule has 7 heteroatoms. The van der Waals surface area contributed by atoms with E-state index in [1.54, 1.807) is 0 Å². The Bertz CT molecular complexity index is 727. The maximum Gasteiger partial charge on any atom is 0.250 e. The average molecular weight is 309 g/mol. The van der Waals surface area contributed by atoms with E-state index in [0.717, 1.165) is 44.1 Å². The summed E-state index contributed by atoms with van der Waals surface area (Å²) in [5.41, 5.74) is 0.992. The first-order valence-corrected chi connectivity index (χ1v) is 7.96. The molecule has 0 atom stereocenters. The molecule has 1 aliphatic heterocycles. The highest BCUT2D eigenvalue weighted by Gasteiger charge is 2.23. The van der Waals surface area contributed by atoms with Crippen LogP contribution in [0.25, 0.3) is 5.69 Å². The van der Waals surface area contributed by atoms with E-state index in [0.29, 0.717) is 5.92 Å². The van der Waals surface area contributed by atoms with Crippen LogP contribution in [-0.2, 0) is 6.54 Å². The van der Waals surface area contributed by atoms with Crippen molar-refractivity contribution in [1.82, 2.24) is 30.0 Å². The van der Waals surface area contributed by atoms with Gasteiger partial charge in [-0.25, -0.2) is 0 Å². The topological polar surface area (TPSA) is 64.7 Å². The van der Waals surface area contributed by atoms with Crippen LogP contribution in [0.3, 0.4) is 0 Å². The molecule has 23 heavy (non-hydrogen) atoms. The van der Waals surface area contributed by atoms with E-state index in [4.69, 9.17) is 0 Å². The van der Waals surface area contributed by atoms with Gasteiger partial charge in [0, 0.05) is 32.0 Å². The zero-order valence-electron chi connectivity index (χ0n) is 12.9. The van der Waals surface area contributed by atoms with Gasteiger partial charge in [0.15, 0.2) is 0 Å². The number of piperidine rings is 1. The Hall–Kier alpha value is -2.70. The Morgan fingerprint density at radius 2 is 1.87 bits per heavy atom. The number of nitrogens with zero attached hydrogens (tertiary/aromatic N) is 7. The first-order chi connectivity index (χ1) is 11.4. The minimum atomic E-state index is 0.659. The van der Waals surface area contributed by atoms with E-state index in [2.05, 4.69) is 25.5 Å². The fraction of sp³-hybridized carbons (Fsp3) is 0.375. The van der Waals surface area contributed by atoms with E-state index in [-0.39, 0.29) is 0 Å². The Morgan fingerprint density at radius 3 is 2.61 bits per heavy atom. The molecule has 0 saturated carbocycles. The van der Waals surface area contributed by atoms with E-state index in [1.165, 1.54) is 0 Å². The lowest BCUT2D eigenvalue weighted by molar-refractivity contribution is 0.340. The van der Waals surface area contributed by atoms with Gasteiger partial charge >= 0.3 is 0 Å². The van der Waals surface area contributed by atoms with Crippen molar-refractivity contribution in [3.05, 3.63) is 48.8 Å². The number of hydrogen-bond acceptors (Lipinski definition) is 5. The van der Waals surface area contributed by atoms with Crippen LogP contribution >= 0.6 is 0 Å². The highest BCUT2D eigenvalue weighted by molar-refractivity contribution is 5.40. The minimum absolute atomic E-state index is 0.659. The zero-order valence-corrected chi connectivity index (χ0v) is 12.9. The third kappa shape index (κ3) is 2.94. The number of hydrogen-bond donors (Lipinski definition) is 0. The highest BCUT2D eigenvalue weighted by Crippen LogP contribution is 2.23. The summed E-state index contributed by atoms with van der Waals surface area (Å²) in [5, 5.41) is 16.5. The fourth-order valence-electron chi connectivity index (χ4n) is 3.10. The Labute approximate surface area is 134 Å². The van der Waals surface area contributed by atoms with Crippen LogP contribution in [0.1, 0.15) is 12.8 Å². The van der Waals surface area contributed by atoms with Crippen molar-refractivity contribution in [1.29, 1.82) is 0 Å². The normalized spacial score (nSPS) is 15.9. The van der Waals surface area contributed by atoms with Crippen molar-refractivity contribution in [2.24, 2.45) is 5.92 Å². The molecular formula is C16H19N7. The van der Waals surface area contributed by atoms with Gasteiger partial charge in [0.1, 0.15) is 0 Å². The van der Waals surface area contributed by atoms with Gasteiger partial charge in [-0.3, -0.25) is 4.68 Å². The molecule has 3 aromatic rings. The molecule has 0 unspecified atom stereocenters. The first kappa shape index (κ1) is 13.9. The van der Waals surface area contributed by atoms with Crippen molar-refractivity contribution in [2.75, 3.05) is 18.0 Å². The van der Waals surface area contributed by atoms with Crippen molar-refractivity contribution in [3.63, 3.8) is 0 Å². The van der Waals surface area contributed by atoms with Crippen LogP contribution in [0.15, 0.2) is 48.8 Å². The quantitative estimate of drug-likeness (QED) is 0.735. The van der Waals surface area contributed by atoms with E-state index in [1.807, 2.05) is 58.2 Å². The molecule has 0 radical (unpaired) electrons. The molecule has 0 N–H and O–H groups in total. The molecule has 4 rings (SSSR count). The van der Waals surface area contributed by atoms with Crippen LogP contribution in [0.2, 0.25) is 0 Å². The van der Waals surface area contributed by atoms with Gasteiger partial charge in [-0.2, -0.15) is 9.78 Å². The Balaban J connectivity index is 1.44. The molecule has 0 bridgehead atoms. The van der Waals surface area contributed by atoms with Gasteiger partial charge in [-0.15, -0.1) is 0 Å². The highest BCUT2D eigenvalue weighted by atomic mass is 15.6. The molecule has 0 aliphatic carbocycles. The zero-order chi connectivity index (χ0) is 15.5. The monoisotopic (exact) mass is 309 g/mol. The van der Waals surface area contributed by atoms with Crippen molar-refractivity contribution in [2.45, 2.75) is 19.4 Å². The summed E-state index contributed by atoms with van der Waals surface area (Å²) < 4.78 is 3.84. The summed E-state index contributed by atoms with van der Waals surface area (Å²) >= 11 is 0. The minimum Gasteiger partial charge on any atom is -0.339 e. The molecule has 3 heterocycles. The van der Waals surface area contributed by atoms with Gasteiger partial charge in [0.25, 0.3) is 0 Å². The number of benzene rings is 1. The largest absolute Gasteiger partial charge is 0.339 e. The van der Waals surface area contributed by atoms with Crippen LogP contribution in [0.5, 0.6) is 0 Å². The summed E-state index contributed by atoms with van der Waals surface area (Å²) in [6.07, 6.45) is 6.12. The van der Waals surface area contributed by atoms with E-state index < -0.39 is 0 Å². The third-order valence-electron chi connectivity index (χ3n) is 4.36. The molecule has 2 aromatic heterocycles. The summed E-state index contributed by atoms with van der Waals surface area (Å²) in [4.78, 5) is 2.27. The van der Waals surface area contributed by atoms with Gasteiger partial charge in [-0.1, -0.05) is 23.3 Å². The molecule has 1 fully saturated rings. The van der Waals surface area contributed by atoms with Gasteiger partial charge in [0.2, 0.25) is 5.95 Å². The van der Waals surface area contributed by atoms with Gasteiger partial charge < -0.3 is 4.90 Å². The molecule has 7 nitrogen and oxygen atoms in total. The summed E-state index contributed by atoms with van der Waals surface area (Å²) in [5.74, 6) is 1.49. The molecule has 0 amide bonds. The second-order valence-corrected chi connectivity index (χ2v) is 5.88. The molecule has 1 saturated heterocycles. The van der Waals surface area contributed by atoms with E-state index >= 15 is 0 Å². The molecule has 1 aliphatic rings. The molecule has 0 spiro atoms. The van der Waals surface area contributed by atoms with Crippen molar-refractivity contribution < 1.29 is 0 Å². The van der Waals surface area contributed by atoms with Crippen LogP contribution in [0, 0.1) is 5.92 Å². The SMILES string of the molecule is c1ccc(-n2nnnc2N2CCC(Cn3cccn3)CC2)cc1. The van der Waals surface area contributed by atoms with Crippen LogP contribution in [0.4, 0.5) is 5.95 Å². The fourth-order valence-corrected chi connectivity index (χ4v) is 3.10. The van der Waals surface area contributed by atoms with Gasteiger partial charge in [0.05, 0.1) is 5.69 Å². The van der Waals surface area contributed by atoms with Crippen molar-refractivity contribution >= 4 is 5.95 Å². The van der Waals surface area contributed by atoms with E-state index in [9.17, 15) is 0 Å². The summed E-state index contributed by atoms with van der Waals surface area (Å²) in [6, 6.07) is 12.0. The Morgan fingerprint density at radius 1 is 1.04 bits per heavy atom. The van der Waals surface area contributed by atoms with Crippen LogP contribution in [-0.4, -0.2) is 43.1 Å². The lowest BCUT2D eigenvalue weighted by Crippen LogP contribution is -2.36. The second kappa shape index (κ2) is 6.20. The number of tetrazole rings is 1. The standard InChI is InChI=1S/C16H19N7/c1-2-5-15(6-3-1)23-16(18-19-20-23)21-11-7-14(8-12-21)13-22-10-4-9-17-22/h1-6,9-10,14H,7-8,11-13H2. The second-order valence-electron chi connectivity index (χ2n) is 5.88. The molecule has 1 aromatic carbocycles. The van der Waals surface area contributed by atoms with Crippen LogP contribution < -0.4 is 4.90 Å². The van der Waals surface area contributed by atoms with Gasteiger partial charge in [-0.05, 0) is 47.4 Å². The maximum absolute atomic E-state index is 4.30. The predicted octanol–water partition coefficient (Wildman–Crippen LogP) is 1.78. The lowest BCUT2D eigenvalue weighted by atomic mass is 9.97. The summed E-state index contributed by atoms with van der Waals surface area (Å²) in [6.45, 7) is 2.93. The smallest absolute Gasteiger partial charge is 0.250 e. The number of anilines is 1. The number of rotatable bonds is 4. The lowest BCUT2D eigenvalue weighted by Gasteiger charge is -2.32. The Kier molecular flexibility index (Phi) is 3.75. The summed E-state index contributed by atoms with van der Waals surface area (Å²) in [7, 11) is 0. The maximum atomic E-state index is 4.30. The number of para-hydroxylation sites is 1. The molecule has 118 valence electrons. The molecular weight excluding hydrogens is 290 g/mol. The van der Waals surface area contributed by atoms with Crippen molar-refractivity contribution in [3.8, 4) is 5.69 Å². The number of aromatic nitrogens is 6. The average Bonchev–Trinajstić information content (AvgIpc) is 3.28. The first-order valence-electron chi connectivity index (χ1n) is 7.96. The predicted molar refractivity (Wildman–Crippen MR) is 86.3 cm³/mol. The third-order valence-corrected chi connectivity index (χ3v) is 4.36.